The van der Waals surface area contributed by atoms with Gasteiger partial charge in [-0.3, -0.25) is 0 Å². The van der Waals surface area contributed by atoms with Crippen LogP contribution in [0.5, 0.6) is 0 Å². The molecule has 0 aliphatic carbocycles. The van der Waals surface area contributed by atoms with Crippen molar-refractivity contribution in [1.82, 2.24) is 9.78 Å². The quantitative estimate of drug-likeness (QED) is 0.908. The molecule has 2 aromatic rings. The van der Waals surface area contributed by atoms with Crippen LogP contribution in [0.3, 0.4) is 0 Å². The second-order valence-electron chi connectivity index (χ2n) is 3.48. The Bertz CT molecular complexity index is 445. The van der Waals surface area contributed by atoms with Gasteiger partial charge in [0, 0.05) is 12.2 Å². The van der Waals surface area contributed by atoms with Crippen molar-refractivity contribution in [3.63, 3.8) is 0 Å². The third-order valence-corrected chi connectivity index (χ3v) is 2.64. The van der Waals surface area contributed by atoms with Crippen LogP contribution in [0, 0.1) is 0 Å². The van der Waals surface area contributed by atoms with Crippen LogP contribution in [-0.4, -0.2) is 9.78 Å². The highest BCUT2D eigenvalue weighted by molar-refractivity contribution is 9.10. The van der Waals surface area contributed by atoms with E-state index in [1.807, 2.05) is 42.1 Å². The van der Waals surface area contributed by atoms with Crippen molar-refractivity contribution in [2.75, 3.05) is 0 Å². The topological polar surface area (TPSA) is 43.8 Å². The molecular formula is C11H12BrN3. The first-order chi connectivity index (χ1) is 7.16. The SMILES string of the molecule is CC(N)c1ccc(-n2cc(Br)cn2)cc1. The molecule has 0 saturated heterocycles. The number of nitrogens with zero attached hydrogens (tertiary/aromatic N) is 2. The van der Waals surface area contributed by atoms with E-state index in [1.54, 1.807) is 6.20 Å². The lowest BCUT2D eigenvalue weighted by molar-refractivity contribution is 0.814. The van der Waals surface area contributed by atoms with E-state index in [9.17, 15) is 0 Å². The first kappa shape index (κ1) is 10.4. The highest BCUT2D eigenvalue weighted by Gasteiger charge is 2.01. The maximum Gasteiger partial charge on any atom is 0.0646 e. The Labute approximate surface area is 97.0 Å². The summed E-state index contributed by atoms with van der Waals surface area (Å²) < 4.78 is 2.79. The number of aromatic nitrogens is 2. The van der Waals surface area contributed by atoms with Gasteiger partial charge >= 0.3 is 0 Å². The van der Waals surface area contributed by atoms with Gasteiger partial charge in [0.15, 0.2) is 0 Å². The number of halogens is 1. The molecular weight excluding hydrogens is 254 g/mol. The molecule has 1 aromatic heterocycles. The summed E-state index contributed by atoms with van der Waals surface area (Å²) >= 11 is 3.36. The van der Waals surface area contributed by atoms with Crippen LogP contribution in [0.25, 0.3) is 5.69 Å². The molecule has 0 radical (unpaired) electrons. The van der Waals surface area contributed by atoms with Crippen molar-refractivity contribution in [1.29, 1.82) is 0 Å². The molecule has 0 aliphatic heterocycles. The number of hydrogen-bond donors (Lipinski definition) is 1. The zero-order chi connectivity index (χ0) is 10.8. The third-order valence-electron chi connectivity index (χ3n) is 2.23. The molecule has 1 unspecified atom stereocenters. The molecule has 0 bridgehead atoms. The molecule has 0 saturated carbocycles. The Morgan fingerprint density at radius 3 is 2.47 bits per heavy atom. The van der Waals surface area contributed by atoms with Gasteiger partial charge in [-0.25, -0.2) is 4.68 Å². The molecule has 0 fully saturated rings. The van der Waals surface area contributed by atoms with E-state index >= 15 is 0 Å². The molecule has 4 heteroatoms. The van der Waals surface area contributed by atoms with Gasteiger partial charge in [-0.2, -0.15) is 5.10 Å². The van der Waals surface area contributed by atoms with Crippen molar-refractivity contribution < 1.29 is 0 Å². The zero-order valence-electron chi connectivity index (χ0n) is 8.39. The van der Waals surface area contributed by atoms with E-state index in [2.05, 4.69) is 21.0 Å². The maximum atomic E-state index is 5.78. The second-order valence-corrected chi connectivity index (χ2v) is 4.40. The summed E-state index contributed by atoms with van der Waals surface area (Å²) in [6.45, 7) is 1.97. The van der Waals surface area contributed by atoms with Crippen LogP contribution in [-0.2, 0) is 0 Å². The highest BCUT2D eigenvalue weighted by atomic mass is 79.9. The van der Waals surface area contributed by atoms with Gasteiger partial charge in [0.25, 0.3) is 0 Å². The molecule has 1 atom stereocenters. The first-order valence-electron chi connectivity index (χ1n) is 4.73. The molecule has 0 aliphatic rings. The van der Waals surface area contributed by atoms with E-state index in [1.165, 1.54) is 0 Å². The van der Waals surface area contributed by atoms with E-state index in [4.69, 9.17) is 5.73 Å². The average molecular weight is 266 g/mol. The molecule has 1 aromatic carbocycles. The van der Waals surface area contributed by atoms with Crippen molar-refractivity contribution in [3.8, 4) is 5.69 Å². The number of rotatable bonds is 2. The van der Waals surface area contributed by atoms with Gasteiger partial charge in [-0.05, 0) is 40.5 Å². The number of benzene rings is 1. The molecule has 1 heterocycles. The van der Waals surface area contributed by atoms with Gasteiger partial charge in [-0.1, -0.05) is 12.1 Å². The largest absolute Gasteiger partial charge is 0.324 e. The monoisotopic (exact) mass is 265 g/mol. The maximum absolute atomic E-state index is 5.78. The summed E-state index contributed by atoms with van der Waals surface area (Å²) in [4.78, 5) is 0. The number of nitrogens with two attached hydrogens (primary N) is 1. The van der Waals surface area contributed by atoms with Crippen LogP contribution in [0.1, 0.15) is 18.5 Å². The molecule has 0 amide bonds. The fourth-order valence-corrected chi connectivity index (χ4v) is 1.66. The van der Waals surface area contributed by atoms with Crippen LogP contribution in [0.4, 0.5) is 0 Å². The minimum absolute atomic E-state index is 0.0726. The Hall–Kier alpha value is -1.13. The smallest absolute Gasteiger partial charge is 0.0646 e. The van der Waals surface area contributed by atoms with Crippen molar-refractivity contribution in [3.05, 3.63) is 46.7 Å². The van der Waals surface area contributed by atoms with Gasteiger partial charge in [0.2, 0.25) is 0 Å². The third kappa shape index (κ3) is 2.27. The van der Waals surface area contributed by atoms with Crippen LogP contribution in [0.2, 0.25) is 0 Å². The first-order valence-corrected chi connectivity index (χ1v) is 5.52. The normalized spacial score (nSPS) is 12.7. The summed E-state index contributed by atoms with van der Waals surface area (Å²) in [7, 11) is 0. The van der Waals surface area contributed by atoms with Crippen LogP contribution >= 0.6 is 15.9 Å². The summed E-state index contributed by atoms with van der Waals surface area (Å²) in [5.74, 6) is 0. The van der Waals surface area contributed by atoms with Gasteiger partial charge in [0.05, 0.1) is 16.4 Å². The lowest BCUT2D eigenvalue weighted by Crippen LogP contribution is -2.05. The molecule has 2 rings (SSSR count). The summed E-state index contributed by atoms with van der Waals surface area (Å²) in [6, 6.07) is 8.14. The minimum atomic E-state index is 0.0726. The molecule has 78 valence electrons. The zero-order valence-corrected chi connectivity index (χ0v) is 9.98. The predicted octanol–water partition coefficient (Wildman–Crippen LogP) is 2.65. The van der Waals surface area contributed by atoms with Crippen molar-refractivity contribution in [2.24, 2.45) is 5.73 Å². The second kappa shape index (κ2) is 4.16. The van der Waals surface area contributed by atoms with Crippen LogP contribution in [0.15, 0.2) is 41.1 Å². The van der Waals surface area contributed by atoms with Gasteiger partial charge < -0.3 is 5.73 Å². The van der Waals surface area contributed by atoms with E-state index < -0.39 is 0 Å². The van der Waals surface area contributed by atoms with E-state index in [-0.39, 0.29) is 6.04 Å². The lowest BCUT2D eigenvalue weighted by Gasteiger charge is -2.06. The average Bonchev–Trinajstić information content (AvgIpc) is 2.65. The van der Waals surface area contributed by atoms with Gasteiger partial charge in [0.1, 0.15) is 0 Å². The van der Waals surface area contributed by atoms with E-state index in [0.717, 1.165) is 15.7 Å². The fraction of sp³-hybridized carbons (Fsp3) is 0.182. The molecule has 15 heavy (non-hydrogen) atoms. The number of hydrogen-bond acceptors (Lipinski definition) is 2. The van der Waals surface area contributed by atoms with Crippen molar-refractivity contribution >= 4 is 15.9 Å². The highest BCUT2D eigenvalue weighted by Crippen LogP contribution is 2.15. The minimum Gasteiger partial charge on any atom is -0.324 e. The van der Waals surface area contributed by atoms with Gasteiger partial charge in [-0.15, -0.1) is 0 Å². The summed E-state index contributed by atoms with van der Waals surface area (Å²) in [6.07, 6.45) is 3.68. The van der Waals surface area contributed by atoms with Crippen molar-refractivity contribution in [2.45, 2.75) is 13.0 Å². The Balaban J connectivity index is 2.31. The Morgan fingerprint density at radius 2 is 2.00 bits per heavy atom. The summed E-state index contributed by atoms with van der Waals surface area (Å²) in [5.41, 5.74) is 7.94. The molecule has 2 N–H and O–H groups in total. The Kier molecular flexibility index (Phi) is 2.88. The standard InChI is InChI=1S/C11H12BrN3/c1-8(13)9-2-4-11(5-3-9)15-7-10(12)6-14-15/h2-8H,13H2,1H3. The van der Waals surface area contributed by atoms with Crippen LogP contribution < -0.4 is 5.73 Å². The van der Waals surface area contributed by atoms with E-state index in [0.29, 0.717) is 0 Å². The predicted molar refractivity (Wildman–Crippen MR) is 63.9 cm³/mol. The lowest BCUT2D eigenvalue weighted by atomic mass is 10.1. The summed E-state index contributed by atoms with van der Waals surface area (Å²) in [5, 5.41) is 4.20. The fourth-order valence-electron chi connectivity index (χ4n) is 1.37. The molecule has 0 spiro atoms. The molecule has 3 nitrogen and oxygen atoms in total. The Morgan fingerprint density at radius 1 is 1.33 bits per heavy atom.